The van der Waals surface area contributed by atoms with E-state index in [2.05, 4.69) is 31.9 Å². The summed E-state index contributed by atoms with van der Waals surface area (Å²) in [5.74, 6) is 1.77. The van der Waals surface area contributed by atoms with E-state index in [4.69, 9.17) is 4.42 Å². The standard InChI is InChI=1S/C7H6Br2O/c1-5-2-3-6(10-5)4-7(8)9/h2-4H,1H3. The minimum absolute atomic E-state index is 0.848. The van der Waals surface area contributed by atoms with Crippen molar-refractivity contribution in [2.45, 2.75) is 6.92 Å². The van der Waals surface area contributed by atoms with Crippen LogP contribution in [0.2, 0.25) is 0 Å². The Hall–Kier alpha value is -0.0200. The molecule has 0 aliphatic heterocycles. The van der Waals surface area contributed by atoms with Gasteiger partial charge >= 0.3 is 0 Å². The van der Waals surface area contributed by atoms with E-state index in [0.717, 1.165) is 14.9 Å². The average molecular weight is 266 g/mol. The number of rotatable bonds is 1. The Morgan fingerprint density at radius 3 is 2.60 bits per heavy atom. The van der Waals surface area contributed by atoms with E-state index in [9.17, 15) is 0 Å². The first-order chi connectivity index (χ1) is 4.68. The second-order valence-corrected chi connectivity index (χ2v) is 4.66. The van der Waals surface area contributed by atoms with Gasteiger partial charge in [0.25, 0.3) is 0 Å². The third kappa shape index (κ3) is 2.31. The molecular formula is C7H6Br2O. The molecule has 3 heteroatoms. The van der Waals surface area contributed by atoms with E-state index < -0.39 is 0 Å². The lowest BCUT2D eigenvalue weighted by molar-refractivity contribution is 0.525. The van der Waals surface area contributed by atoms with E-state index in [1.807, 2.05) is 25.1 Å². The summed E-state index contributed by atoms with van der Waals surface area (Å²) in [7, 11) is 0. The molecule has 54 valence electrons. The molecule has 0 saturated heterocycles. The Morgan fingerprint density at radius 1 is 1.50 bits per heavy atom. The van der Waals surface area contributed by atoms with Crippen LogP contribution in [0.15, 0.2) is 19.9 Å². The Labute approximate surface area is 76.4 Å². The molecule has 0 atom stereocenters. The summed E-state index contributed by atoms with van der Waals surface area (Å²) in [6, 6.07) is 3.84. The van der Waals surface area contributed by atoms with Gasteiger partial charge in [-0.3, -0.25) is 0 Å². The average Bonchev–Trinajstić information content (AvgIpc) is 2.13. The molecule has 0 saturated carbocycles. The van der Waals surface area contributed by atoms with Crippen molar-refractivity contribution in [3.05, 3.63) is 27.0 Å². The predicted molar refractivity (Wildman–Crippen MR) is 49.3 cm³/mol. The number of furan rings is 1. The lowest BCUT2D eigenvalue weighted by Gasteiger charge is -1.83. The van der Waals surface area contributed by atoms with Gasteiger partial charge in [-0.15, -0.1) is 0 Å². The van der Waals surface area contributed by atoms with Gasteiger partial charge in [0.1, 0.15) is 11.5 Å². The molecule has 0 aliphatic rings. The van der Waals surface area contributed by atoms with Crippen molar-refractivity contribution < 1.29 is 4.42 Å². The van der Waals surface area contributed by atoms with Crippen molar-refractivity contribution in [1.29, 1.82) is 0 Å². The van der Waals surface area contributed by atoms with Crippen LogP contribution in [-0.2, 0) is 0 Å². The molecule has 0 aliphatic carbocycles. The van der Waals surface area contributed by atoms with Gasteiger partial charge in [0.05, 0.1) is 3.39 Å². The lowest BCUT2D eigenvalue weighted by Crippen LogP contribution is -1.59. The summed E-state index contributed by atoms with van der Waals surface area (Å²) in [5, 5.41) is 0. The monoisotopic (exact) mass is 264 g/mol. The van der Waals surface area contributed by atoms with E-state index >= 15 is 0 Å². The number of halogens is 2. The van der Waals surface area contributed by atoms with Crippen LogP contribution >= 0.6 is 31.9 Å². The quantitative estimate of drug-likeness (QED) is 0.755. The van der Waals surface area contributed by atoms with Crippen LogP contribution in [0.5, 0.6) is 0 Å². The summed E-state index contributed by atoms with van der Waals surface area (Å²) in [6.45, 7) is 1.92. The van der Waals surface area contributed by atoms with Crippen molar-refractivity contribution in [3.63, 3.8) is 0 Å². The highest BCUT2D eigenvalue weighted by Gasteiger charge is 1.93. The Balaban J connectivity index is 2.86. The molecule has 10 heavy (non-hydrogen) atoms. The maximum Gasteiger partial charge on any atom is 0.128 e. The van der Waals surface area contributed by atoms with E-state index in [1.54, 1.807) is 0 Å². The summed E-state index contributed by atoms with van der Waals surface area (Å²) in [4.78, 5) is 0. The van der Waals surface area contributed by atoms with Crippen LogP contribution in [-0.4, -0.2) is 0 Å². The number of aryl methyl sites for hydroxylation is 1. The van der Waals surface area contributed by atoms with Gasteiger partial charge in [-0.05, 0) is 50.9 Å². The van der Waals surface area contributed by atoms with Gasteiger partial charge in [0.2, 0.25) is 0 Å². The summed E-state index contributed by atoms with van der Waals surface area (Å²) < 4.78 is 6.14. The fourth-order valence-corrected chi connectivity index (χ4v) is 1.09. The smallest absolute Gasteiger partial charge is 0.128 e. The Bertz CT molecular complexity index is 246. The molecular weight excluding hydrogens is 260 g/mol. The molecule has 0 unspecified atom stereocenters. The minimum atomic E-state index is 0.848. The van der Waals surface area contributed by atoms with Crippen molar-refractivity contribution in [3.8, 4) is 0 Å². The van der Waals surface area contributed by atoms with Crippen LogP contribution in [0.4, 0.5) is 0 Å². The molecule has 1 nitrogen and oxygen atoms in total. The van der Waals surface area contributed by atoms with Crippen LogP contribution in [0.3, 0.4) is 0 Å². The van der Waals surface area contributed by atoms with E-state index in [1.165, 1.54) is 0 Å². The molecule has 0 bridgehead atoms. The van der Waals surface area contributed by atoms with Gasteiger partial charge in [-0.1, -0.05) is 0 Å². The van der Waals surface area contributed by atoms with E-state index in [0.29, 0.717) is 0 Å². The van der Waals surface area contributed by atoms with Crippen molar-refractivity contribution >= 4 is 37.9 Å². The Kier molecular flexibility index (Phi) is 2.74. The fraction of sp³-hybridized carbons (Fsp3) is 0.143. The largest absolute Gasteiger partial charge is 0.462 e. The molecule has 0 radical (unpaired) electrons. The first-order valence-electron chi connectivity index (χ1n) is 2.77. The number of hydrogen-bond donors (Lipinski definition) is 0. The van der Waals surface area contributed by atoms with Crippen LogP contribution in [0, 0.1) is 6.92 Å². The second kappa shape index (κ2) is 3.39. The van der Waals surface area contributed by atoms with Crippen molar-refractivity contribution in [2.24, 2.45) is 0 Å². The molecule has 0 N–H and O–H groups in total. The molecule has 1 aromatic heterocycles. The van der Waals surface area contributed by atoms with Gasteiger partial charge in [0.15, 0.2) is 0 Å². The Morgan fingerprint density at radius 2 is 2.20 bits per heavy atom. The summed E-state index contributed by atoms with van der Waals surface area (Å²) >= 11 is 6.48. The highest BCUT2D eigenvalue weighted by molar-refractivity contribution is 9.28. The molecule has 0 aromatic carbocycles. The number of hydrogen-bond acceptors (Lipinski definition) is 1. The van der Waals surface area contributed by atoms with Crippen LogP contribution in [0.1, 0.15) is 11.5 Å². The zero-order valence-electron chi connectivity index (χ0n) is 5.40. The van der Waals surface area contributed by atoms with E-state index in [-0.39, 0.29) is 0 Å². The normalized spacial score (nSPS) is 9.50. The predicted octanol–water partition coefficient (Wildman–Crippen LogP) is 3.68. The van der Waals surface area contributed by atoms with Crippen molar-refractivity contribution in [2.75, 3.05) is 0 Å². The first-order valence-corrected chi connectivity index (χ1v) is 4.36. The summed E-state index contributed by atoms with van der Waals surface area (Å²) in [5.41, 5.74) is 0. The molecule has 1 heterocycles. The zero-order chi connectivity index (χ0) is 7.56. The molecule has 1 rings (SSSR count). The van der Waals surface area contributed by atoms with Crippen molar-refractivity contribution in [1.82, 2.24) is 0 Å². The third-order valence-electron chi connectivity index (χ3n) is 1.01. The van der Waals surface area contributed by atoms with Gasteiger partial charge < -0.3 is 4.42 Å². The molecule has 1 aromatic rings. The van der Waals surface area contributed by atoms with Crippen LogP contribution < -0.4 is 0 Å². The fourth-order valence-electron chi connectivity index (χ4n) is 0.639. The highest BCUT2D eigenvalue weighted by atomic mass is 79.9. The minimum Gasteiger partial charge on any atom is -0.462 e. The second-order valence-electron chi connectivity index (χ2n) is 1.88. The third-order valence-corrected chi connectivity index (χ3v) is 1.47. The van der Waals surface area contributed by atoms with Crippen LogP contribution in [0.25, 0.3) is 6.08 Å². The first kappa shape index (κ1) is 8.08. The summed E-state index contributed by atoms with van der Waals surface area (Å²) in [6.07, 6.45) is 1.85. The lowest BCUT2D eigenvalue weighted by atomic mass is 10.4. The topological polar surface area (TPSA) is 13.1 Å². The van der Waals surface area contributed by atoms with Gasteiger partial charge in [0, 0.05) is 6.08 Å². The van der Waals surface area contributed by atoms with Gasteiger partial charge in [-0.2, -0.15) is 0 Å². The zero-order valence-corrected chi connectivity index (χ0v) is 8.57. The molecule has 0 amide bonds. The van der Waals surface area contributed by atoms with Gasteiger partial charge in [-0.25, -0.2) is 0 Å². The molecule has 0 fully saturated rings. The maximum atomic E-state index is 5.26. The maximum absolute atomic E-state index is 5.26. The highest BCUT2D eigenvalue weighted by Crippen LogP contribution is 2.19. The SMILES string of the molecule is Cc1ccc(C=C(Br)Br)o1. The molecule has 0 spiro atoms.